The van der Waals surface area contributed by atoms with E-state index in [0.717, 1.165) is 11.0 Å². The Kier molecular flexibility index (Phi) is 2.99. The molecule has 0 bridgehead atoms. The van der Waals surface area contributed by atoms with Crippen LogP contribution in [0.1, 0.15) is 15.9 Å². The second-order valence-corrected chi connectivity index (χ2v) is 6.06. The molecule has 0 amide bonds. The minimum atomic E-state index is -1.24. The maximum atomic E-state index is 12.6. The molecule has 0 aliphatic heterocycles. The lowest BCUT2D eigenvalue weighted by atomic mass is 10.1. The first-order valence-corrected chi connectivity index (χ1v) is 7.68. The molecule has 0 unspecified atom stereocenters. The van der Waals surface area contributed by atoms with Crippen LogP contribution in [0.4, 0.5) is 0 Å². The third-order valence-corrected chi connectivity index (χ3v) is 4.53. The fraction of sp³-hybridized carbons (Fsp3) is 0. The molecule has 0 aliphatic rings. The fourth-order valence-electron chi connectivity index (χ4n) is 2.52. The SMILES string of the molecule is O=C([O-])c1cccc(/C=c2\sc3nc4ccccc4n3c2=O)c1. The van der Waals surface area contributed by atoms with Gasteiger partial charge in [0.1, 0.15) is 0 Å². The van der Waals surface area contributed by atoms with Gasteiger partial charge in [-0.05, 0) is 35.4 Å². The average Bonchev–Trinajstić information content (AvgIpc) is 3.05. The lowest BCUT2D eigenvalue weighted by Gasteiger charge is -2.01. The zero-order valence-electron chi connectivity index (χ0n) is 11.7. The molecule has 4 rings (SSSR count). The number of carboxylic acid groups (broad SMARTS) is 1. The molecular weight excluding hydrogens is 312 g/mol. The van der Waals surface area contributed by atoms with E-state index >= 15 is 0 Å². The van der Waals surface area contributed by atoms with Crippen molar-refractivity contribution in [3.05, 3.63) is 74.5 Å². The van der Waals surface area contributed by atoms with Gasteiger partial charge < -0.3 is 9.90 Å². The molecule has 23 heavy (non-hydrogen) atoms. The van der Waals surface area contributed by atoms with Crippen LogP contribution in [0.3, 0.4) is 0 Å². The Morgan fingerprint density at radius 1 is 1.17 bits per heavy atom. The number of hydrogen-bond acceptors (Lipinski definition) is 5. The Bertz CT molecular complexity index is 1170. The van der Waals surface area contributed by atoms with Crippen molar-refractivity contribution in [1.82, 2.24) is 9.38 Å². The number of aromatic nitrogens is 2. The van der Waals surface area contributed by atoms with Crippen molar-refractivity contribution in [3.8, 4) is 0 Å². The summed E-state index contributed by atoms with van der Waals surface area (Å²) in [7, 11) is 0. The molecule has 2 aromatic carbocycles. The number of carboxylic acids is 1. The highest BCUT2D eigenvalue weighted by atomic mass is 32.1. The number of hydrogen-bond donors (Lipinski definition) is 0. The van der Waals surface area contributed by atoms with Crippen molar-refractivity contribution in [3.63, 3.8) is 0 Å². The summed E-state index contributed by atoms with van der Waals surface area (Å²) in [6.45, 7) is 0. The molecule has 0 N–H and O–H groups in total. The molecule has 5 nitrogen and oxygen atoms in total. The van der Waals surface area contributed by atoms with Gasteiger partial charge in [-0.3, -0.25) is 4.79 Å². The van der Waals surface area contributed by atoms with Gasteiger partial charge in [-0.2, -0.15) is 0 Å². The van der Waals surface area contributed by atoms with Crippen molar-refractivity contribution in [2.45, 2.75) is 0 Å². The molecule has 2 heterocycles. The van der Waals surface area contributed by atoms with E-state index in [-0.39, 0.29) is 11.1 Å². The van der Waals surface area contributed by atoms with Crippen LogP contribution in [-0.4, -0.2) is 15.4 Å². The maximum absolute atomic E-state index is 12.6. The largest absolute Gasteiger partial charge is 0.545 e. The van der Waals surface area contributed by atoms with Crippen LogP contribution >= 0.6 is 11.3 Å². The van der Waals surface area contributed by atoms with Gasteiger partial charge in [-0.1, -0.05) is 41.7 Å². The fourth-order valence-corrected chi connectivity index (χ4v) is 3.51. The Morgan fingerprint density at radius 2 is 2.00 bits per heavy atom. The highest BCUT2D eigenvalue weighted by molar-refractivity contribution is 7.15. The molecule has 0 fully saturated rings. The van der Waals surface area contributed by atoms with Crippen molar-refractivity contribution in [2.24, 2.45) is 0 Å². The minimum absolute atomic E-state index is 0.0815. The molecule has 2 aromatic heterocycles. The zero-order chi connectivity index (χ0) is 16.0. The molecule has 0 atom stereocenters. The van der Waals surface area contributed by atoms with Crippen molar-refractivity contribution in [2.75, 3.05) is 0 Å². The number of fused-ring (bicyclic) bond motifs is 3. The number of rotatable bonds is 2. The monoisotopic (exact) mass is 321 g/mol. The van der Waals surface area contributed by atoms with Gasteiger partial charge in [0.2, 0.25) is 0 Å². The van der Waals surface area contributed by atoms with Crippen LogP contribution in [0.5, 0.6) is 0 Å². The van der Waals surface area contributed by atoms with Gasteiger partial charge in [0.25, 0.3) is 5.56 Å². The number of aromatic carboxylic acids is 1. The van der Waals surface area contributed by atoms with Crippen LogP contribution in [0.2, 0.25) is 0 Å². The molecule has 0 aliphatic carbocycles. The summed E-state index contributed by atoms with van der Waals surface area (Å²) >= 11 is 1.28. The molecule has 6 heteroatoms. The maximum Gasteiger partial charge on any atom is 0.274 e. The summed E-state index contributed by atoms with van der Waals surface area (Å²) in [5.74, 6) is -1.24. The van der Waals surface area contributed by atoms with Crippen LogP contribution in [0, 0.1) is 0 Å². The van der Waals surface area contributed by atoms with Crippen molar-refractivity contribution in [1.29, 1.82) is 0 Å². The summed E-state index contributed by atoms with van der Waals surface area (Å²) in [5.41, 5.74) is 2.11. The highest BCUT2D eigenvalue weighted by Crippen LogP contribution is 2.15. The Labute approximate surface area is 133 Å². The van der Waals surface area contributed by atoms with Gasteiger partial charge >= 0.3 is 0 Å². The van der Waals surface area contributed by atoms with E-state index in [1.54, 1.807) is 22.6 Å². The van der Waals surface area contributed by atoms with Gasteiger partial charge in [-0.15, -0.1) is 0 Å². The van der Waals surface area contributed by atoms with Crippen molar-refractivity contribution >= 4 is 39.4 Å². The Balaban J connectivity index is 1.96. The first-order chi connectivity index (χ1) is 11.1. The summed E-state index contributed by atoms with van der Waals surface area (Å²) in [4.78, 5) is 28.6. The van der Waals surface area contributed by atoms with Gasteiger partial charge in [-0.25, -0.2) is 9.38 Å². The Morgan fingerprint density at radius 3 is 2.83 bits per heavy atom. The molecule has 0 radical (unpaired) electrons. The molecule has 4 aromatic rings. The lowest BCUT2D eigenvalue weighted by molar-refractivity contribution is -0.255. The number of benzene rings is 2. The van der Waals surface area contributed by atoms with E-state index in [4.69, 9.17) is 0 Å². The summed E-state index contributed by atoms with van der Waals surface area (Å²) in [6.07, 6.45) is 1.67. The number of imidazole rings is 1. The van der Waals surface area contributed by atoms with E-state index in [9.17, 15) is 14.7 Å². The first kappa shape index (κ1) is 13.7. The number of para-hydroxylation sites is 2. The van der Waals surface area contributed by atoms with E-state index in [0.29, 0.717) is 15.1 Å². The molecule has 0 saturated carbocycles. The third-order valence-electron chi connectivity index (χ3n) is 3.57. The molecule has 112 valence electrons. The molecule has 0 spiro atoms. The first-order valence-electron chi connectivity index (χ1n) is 6.86. The van der Waals surface area contributed by atoms with Gasteiger partial charge in [0, 0.05) is 0 Å². The summed E-state index contributed by atoms with van der Waals surface area (Å²) < 4.78 is 2.09. The van der Waals surface area contributed by atoms with Crippen LogP contribution in [-0.2, 0) is 0 Å². The van der Waals surface area contributed by atoms with Crippen LogP contribution < -0.4 is 15.2 Å². The van der Waals surface area contributed by atoms with Gasteiger partial charge in [0.05, 0.1) is 21.5 Å². The normalized spacial score (nSPS) is 12.3. The number of carbonyl (C=O) groups excluding carboxylic acids is 1. The van der Waals surface area contributed by atoms with Crippen molar-refractivity contribution < 1.29 is 9.90 Å². The predicted molar refractivity (Wildman–Crippen MR) is 86.4 cm³/mol. The zero-order valence-corrected chi connectivity index (χ0v) is 12.5. The summed E-state index contributed by atoms with van der Waals surface area (Å²) in [6, 6.07) is 13.8. The van der Waals surface area contributed by atoms with E-state index < -0.39 is 5.97 Å². The highest BCUT2D eigenvalue weighted by Gasteiger charge is 2.10. The predicted octanol–water partition coefficient (Wildman–Crippen LogP) is 0.820. The number of nitrogens with zero attached hydrogens (tertiary/aromatic N) is 2. The van der Waals surface area contributed by atoms with Crippen LogP contribution in [0.15, 0.2) is 53.3 Å². The average molecular weight is 321 g/mol. The smallest absolute Gasteiger partial charge is 0.274 e. The molecular formula is C17H9N2O3S-. The van der Waals surface area contributed by atoms with E-state index in [2.05, 4.69) is 4.98 Å². The van der Waals surface area contributed by atoms with E-state index in [1.165, 1.54) is 23.5 Å². The van der Waals surface area contributed by atoms with E-state index in [1.807, 2.05) is 24.3 Å². The second kappa shape index (κ2) is 5.03. The van der Waals surface area contributed by atoms with Crippen LogP contribution in [0.25, 0.3) is 22.1 Å². The Hall–Kier alpha value is -2.99. The lowest BCUT2D eigenvalue weighted by Crippen LogP contribution is -2.23. The second-order valence-electron chi connectivity index (χ2n) is 5.05. The third kappa shape index (κ3) is 2.20. The topological polar surface area (TPSA) is 74.5 Å². The quantitative estimate of drug-likeness (QED) is 0.548. The standard InChI is InChI=1S/C17H10N2O3S/c20-15-14(9-10-4-3-5-11(8-10)16(21)22)23-17-18-12-6-1-2-7-13(12)19(15)17/h1-9H,(H,21,22)/p-1/b14-9-. The minimum Gasteiger partial charge on any atom is -0.545 e. The van der Waals surface area contributed by atoms with Gasteiger partial charge in [0.15, 0.2) is 4.96 Å². The number of carbonyl (C=O) groups is 1. The number of thiazole rings is 1. The molecule has 0 saturated heterocycles. The summed E-state index contributed by atoms with van der Waals surface area (Å²) in [5, 5.41) is 10.9.